The smallest absolute Gasteiger partial charge is 0.306 e. The summed E-state index contributed by atoms with van der Waals surface area (Å²) in [6.45, 7) is 4.14. The van der Waals surface area contributed by atoms with E-state index in [0.29, 0.717) is 17.4 Å². The van der Waals surface area contributed by atoms with E-state index in [1.807, 2.05) is 21.1 Å². The fourth-order valence-electron chi connectivity index (χ4n) is 8.72. The van der Waals surface area contributed by atoms with Gasteiger partial charge in [-0.1, -0.05) is 273 Å². The monoisotopic (exact) mass is 1070 g/mol. The molecule has 0 heterocycles. The number of rotatable bonds is 57. The molecule has 0 rings (SSSR count). The molecule has 0 fully saturated rings. The minimum Gasteiger partial charge on any atom is -0.756 e. The van der Waals surface area contributed by atoms with Gasteiger partial charge in [-0.2, -0.15) is 0 Å². The summed E-state index contributed by atoms with van der Waals surface area (Å²) in [7, 11) is 1.16. The number of nitrogens with zero attached hydrogens (tertiary/aromatic N) is 1. The van der Waals surface area contributed by atoms with Gasteiger partial charge in [0.05, 0.1) is 27.7 Å². The van der Waals surface area contributed by atoms with Crippen molar-refractivity contribution in [3.05, 3.63) is 72.9 Å². The highest BCUT2D eigenvalue weighted by Gasteiger charge is 2.22. The molecule has 0 aliphatic heterocycles. The molecule has 0 saturated carbocycles. The number of esters is 2. The molecule has 0 bridgehead atoms. The van der Waals surface area contributed by atoms with Gasteiger partial charge in [0.1, 0.15) is 19.8 Å². The van der Waals surface area contributed by atoms with Crippen LogP contribution in [0.2, 0.25) is 0 Å². The molecule has 0 amide bonds. The first-order chi connectivity index (χ1) is 36.5. The van der Waals surface area contributed by atoms with Crippen LogP contribution in [0.3, 0.4) is 0 Å². The van der Waals surface area contributed by atoms with Crippen molar-refractivity contribution < 1.29 is 42.1 Å². The minimum absolute atomic E-state index is 0.0359. The van der Waals surface area contributed by atoms with E-state index in [1.165, 1.54) is 148 Å². The van der Waals surface area contributed by atoms with Gasteiger partial charge in [0.2, 0.25) is 0 Å². The second-order valence-electron chi connectivity index (χ2n) is 22.0. The maximum atomic E-state index is 12.8. The van der Waals surface area contributed by atoms with Crippen molar-refractivity contribution in [1.82, 2.24) is 0 Å². The number of allylic oxidation sites excluding steroid dienone is 12. The molecule has 2 atom stereocenters. The Labute approximate surface area is 463 Å². The Morgan fingerprint density at radius 3 is 1.13 bits per heavy atom. The maximum Gasteiger partial charge on any atom is 0.306 e. The molecule has 0 radical (unpaired) electrons. The van der Waals surface area contributed by atoms with Crippen molar-refractivity contribution in [1.29, 1.82) is 0 Å². The molecule has 0 saturated heterocycles. The van der Waals surface area contributed by atoms with Crippen LogP contribution in [0.1, 0.15) is 277 Å². The normalized spacial score (nSPS) is 13.7. The quantitative estimate of drug-likeness (QED) is 0.0195. The van der Waals surface area contributed by atoms with Crippen LogP contribution in [-0.4, -0.2) is 70.0 Å². The van der Waals surface area contributed by atoms with E-state index in [0.717, 1.165) is 96.3 Å². The number of quaternary nitrogens is 1. The molecule has 75 heavy (non-hydrogen) atoms. The van der Waals surface area contributed by atoms with E-state index < -0.39 is 26.5 Å². The molecular formula is C65H118NO8P. The zero-order chi connectivity index (χ0) is 54.9. The molecule has 0 spiro atoms. The van der Waals surface area contributed by atoms with Crippen LogP contribution in [-0.2, 0) is 32.7 Å². The van der Waals surface area contributed by atoms with Gasteiger partial charge >= 0.3 is 11.9 Å². The summed E-state index contributed by atoms with van der Waals surface area (Å²) >= 11 is 0. The van der Waals surface area contributed by atoms with Gasteiger partial charge < -0.3 is 27.9 Å². The number of hydrogen-bond donors (Lipinski definition) is 0. The Kier molecular flexibility index (Phi) is 54.3. The molecule has 0 aliphatic rings. The third-order valence-corrected chi connectivity index (χ3v) is 14.5. The Bertz CT molecular complexity index is 1500. The van der Waals surface area contributed by atoms with Gasteiger partial charge in [-0.15, -0.1) is 0 Å². The van der Waals surface area contributed by atoms with Crippen LogP contribution in [0.4, 0.5) is 0 Å². The first-order valence-corrected chi connectivity index (χ1v) is 32.6. The Morgan fingerprint density at radius 2 is 0.760 bits per heavy atom. The standard InChI is InChI=1S/C65H118NO8P/c1-6-8-10-12-14-16-18-20-22-24-26-28-30-32-34-35-37-39-41-43-45-47-49-51-53-55-57-64(67)71-61-63(62-73-75(69,70)72-60-59-66(3,4)5)74-65(68)58-56-54-52-50-48-46-44-42-40-38-36-33-31-29-27-25-23-21-19-17-15-13-11-9-7-2/h9,11,15,17,21,23,27,29,33,36,40,42,63H,6-8,10,12-14,16,18-20,22,24-26,28,30-32,34-35,37-39,41,43-62H2,1-5H3/b11-9-,17-15-,23-21-,29-27-,36-33-,42-40-. The predicted molar refractivity (Wildman–Crippen MR) is 319 cm³/mol. The fourth-order valence-corrected chi connectivity index (χ4v) is 9.45. The van der Waals surface area contributed by atoms with Crippen molar-refractivity contribution in [3.8, 4) is 0 Å². The summed E-state index contributed by atoms with van der Waals surface area (Å²) in [5.41, 5.74) is 0. The topological polar surface area (TPSA) is 111 Å². The lowest BCUT2D eigenvalue weighted by Gasteiger charge is -2.28. The number of likely N-dealkylation sites (N-methyl/N-ethyl adjacent to an activating group) is 1. The minimum atomic E-state index is -4.65. The highest BCUT2D eigenvalue weighted by molar-refractivity contribution is 7.45. The molecule has 0 aliphatic carbocycles. The average molecular weight is 1070 g/mol. The lowest BCUT2D eigenvalue weighted by Crippen LogP contribution is -2.37. The van der Waals surface area contributed by atoms with E-state index in [1.54, 1.807) is 0 Å². The lowest BCUT2D eigenvalue weighted by atomic mass is 10.0. The second-order valence-corrected chi connectivity index (χ2v) is 23.5. The third-order valence-electron chi connectivity index (χ3n) is 13.5. The van der Waals surface area contributed by atoms with Crippen molar-refractivity contribution in [2.45, 2.75) is 283 Å². The van der Waals surface area contributed by atoms with E-state index in [-0.39, 0.29) is 32.0 Å². The van der Waals surface area contributed by atoms with Crippen LogP contribution in [0.15, 0.2) is 72.9 Å². The van der Waals surface area contributed by atoms with E-state index in [2.05, 4.69) is 86.8 Å². The predicted octanol–water partition coefficient (Wildman–Crippen LogP) is 19.0. The molecule has 2 unspecified atom stereocenters. The second kappa shape index (κ2) is 56.2. The van der Waals surface area contributed by atoms with Crippen molar-refractivity contribution in [2.75, 3.05) is 47.5 Å². The number of ether oxygens (including phenoxy) is 2. The van der Waals surface area contributed by atoms with Gasteiger partial charge in [0.15, 0.2) is 6.10 Å². The van der Waals surface area contributed by atoms with Crippen LogP contribution >= 0.6 is 7.82 Å². The van der Waals surface area contributed by atoms with Crippen molar-refractivity contribution >= 4 is 19.8 Å². The van der Waals surface area contributed by atoms with Crippen LogP contribution < -0.4 is 4.89 Å². The zero-order valence-corrected chi connectivity index (χ0v) is 50.4. The van der Waals surface area contributed by atoms with Gasteiger partial charge in [-0.05, 0) is 64.2 Å². The summed E-state index contributed by atoms with van der Waals surface area (Å²) in [5.74, 6) is -0.843. The third kappa shape index (κ3) is 60.5. The number of phosphoric ester groups is 1. The first-order valence-electron chi connectivity index (χ1n) is 31.1. The number of carbonyl (C=O) groups excluding carboxylic acids is 2. The highest BCUT2D eigenvalue weighted by Crippen LogP contribution is 2.38. The zero-order valence-electron chi connectivity index (χ0n) is 49.5. The molecule has 0 aromatic heterocycles. The average Bonchev–Trinajstić information content (AvgIpc) is 3.37. The van der Waals surface area contributed by atoms with Crippen molar-refractivity contribution in [2.24, 2.45) is 0 Å². The molecule has 9 nitrogen and oxygen atoms in total. The molecule has 0 aromatic rings. The Balaban J connectivity index is 4.15. The fraction of sp³-hybridized carbons (Fsp3) is 0.785. The van der Waals surface area contributed by atoms with E-state index in [4.69, 9.17) is 18.5 Å². The highest BCUT2D eigenvalue weighted by atomic mass is 31.2. The SMILES string of the molecule is CC/C=C\C/C=C\C/C=C\C/C=C\C/C=C\C/C=C\CCCCCCCCC(=O)OC(COC(=O)CCCCCCCCCCCCCCCCCCCCCCCCCCCC)COP(=O)([O-])OCC[N+](C)(C)C. The van der Waals surface area contributed by atoms with Gasteiger partial charge in [0, 0.05) is 12.8 Å². The maximum absolute atomic E-state index is 12.8. The van der Waals surface area contributed by atoms with Gasteiger partial charge in [-0.25, -0.2) is 0 Å². The molecule has 10 heteroatoms. The number of phosphoric acid groups is 1. The summed E-state index contributed by atoms with van der Waals surface area (Å²) in [6, 6.07) is 0. The van der Waals surface area contributed by atoms with Crippen molar-refractivity contribution in [3.63, 3.8) is 0 Å². The largest absolute Gasteiger partial charge is 0.756 e. The summed E-state index contributed by atoms with van der Waals surface area (Å²) in [4.78, 5) is 37.9. The summed E-state index contributed by atoms with van der Waals surface area (Å²) in [6.07, 6.45) is 73.9. The van der Waals surface area contributed by atoms with Crippen LogP contribution in [0.5, 0.6) is 0 Å². The first kappa shape index (κ1) is 72.5. The summed E-state index contributed by atoms with van der Waals surface area (Å²) < 4.78 is 34.2. The molecule has 436 valence electrons. The van der Waals surface area contributed by atoms with Gasteiger partial charge in [-0.3, -0.25) is 14.2 Å². The Hall–Kier alpha value is -2.55. The van der Waals surface area contributed by atoms with Gasteiger partial charge in [0.25, 0.3) is 7.82 Å². The van der Waals surface area contributed by atoms with E-state index >= 15 is 0 Å². The van der Waals surface area contributed by atoms with Crippen LogP contribution in [0, 0.1) is 0 Å². The number of carbonyl (C=O) groups is 2. The summed E-state index contributed by atoms with van der Waals surface area (Å²) in [5, 5.41) is 0. The molecule has 0 N–H and O–H groups in total. The Morgan fingerprint density at radius 1 is 0.427 bits per heavy atom. The number of hydrogen-bond acceptors (Lipinski definition) is 8. The lowest BCUT2D eigenvalue weighted by molar-refractivity contribution is -0.870. The van der Waals surface area contributed by atoms with E-state index in [9.17, 15) is 19.0 Å². The molecule has 0 aromatic carbocycles. The number of unbranched alkanes of at least 4 members (excludes halogenated alkanes) is 31. The molecular weight excluding hydrogens is 954 g/mol. The van der Waals surface area contributed by atoms with Crippen LogP contribution in [0.25, 0.3) is 0 Å².